The van der Waals surface area contributed by atoms with Gasteiger partial charge < -0.3 is 15.4 Å². The second kappa shape index (κ2) is 9.33. The van der Waals surface area contributed by atoms with E-state index in [2.05, 4.69) is 10.6 Å². The summed E-state index contributed by atoms with van der Waals surface area (Å²) < 4.78 is 5.04. The lowest BCUT2D eigenvalue weighted by Crippen LogP contribution is -2.36. The molecule has 2 rings (SSSR count). The molecule has 1 atom stereocenters. The van der Waals surface area contributed by atoms with Crippen LogP contribution in [0.1, 0.15) is 34.0 Å². The molecule has 2 aromatic carbocycles. The van der Waals surface area contributed by atoms with Gasteiger partial charge >= 0.3 is 5.97 Å². The Bertz CT molecular complexity index is 947. The number of benzene rings is 2. The average Bonchev–Trinajstić information content (AvgIpc) is 2.68. The van der Waals surface area contributed by atoms with Crippen LogP contribution in [0.25, 0.3) is 0 Å². The second-order valence-electron chi connectivity index (χ2n) is 6.26. The van der Waals surface area contributed by atoms with Gasteiger partial charge in [-0.15, -0.1) is 0 Å². The number of ether oxygens (including phenoxy) is 1. The topological polar surface area (TPSA) is 108 Å². The largest absolute Gasteiger partial charge is 0.451 e. The number of carbonyl (C=O) groups excluding carboxylic acids is 3. The van der Waals surface area contributed by atoms with Gasteiger partial charge in [0, 0.05) is 5.56 Å². The highest BCUT2D eigenvalue weighted by Gasteiger charge is 2.19. The standard InChI is InChI=1S/C21H21N3O4/c1-13-8-9-16(10-14(13)2)21(27)23-12-19(25)28-15(3)20(26)24-18-7-5-4-6-17(18)11-22/h4-10,15H,12H2,1-3H3,(H,23,27)(H,24,26)/t15-/m1/s1. The molecule has 2 aromatic rings. The molecule has 0 saturated carbocycles. The van der Waals surface area contributed by atoms with Gasteiger partial charge in [-0.1, -0.05) is 18.2 Å². The van der Waals surface area contributed by atoms with E-state index in [0.717, 1.165) is 11.1 Å². The number of hydrogen-bond donors (Lipinski definition) is 2. The van der Waals surface area contributed by atoms with Crippen molar-refractivity contribution in [1.29, 1.82) is 5.26 Å². The number of nitrogens with zero attached hydrogens (tertiary/aromatic N) is 1. The molecule has 0 spiro atoms. The second-order valence-corrected chi connectivity index (χ2v) is 6.26. The maximum atomic E-state index is 12.2. The molecular weight excluding hydrogens is 358 g/mol. The molecule has 0 aliphatic heterocycles. The third-order valence-corrected chi connectivity index (χ3v) is 4.15. The van der Waals surface area contributed by atoms with Crippen LogP contribution >= 0.6 is 0 Å². The quantitative estimate of drug-likeness (QED) is 0.750. The van der Waals surface area contributed by atoms with Crippen molar-refractivity contribution in [3.63, 3.8) is 0 Å². The van der Waals surface area contributed by atoms with Crippen LogP contribution in [0.5, 0.6) is 0 Å². The summed E-state index contributed by atoms with van der Waals surface area (Å²) in [6.07, 6.45) is -1.09. The number of esters is 1. The summed E-state index contributed by atoms with van der Waals surface area (Å²) in [5.74, 6) is -1.72. The normalized spacial score (nSPS) is 11.1. The Morgan fingerprint density at radius 3 is 2.50 bits per heavy atom. The summed E-state index contributed by atoms with van der Waals surface area (Å²) in [5.41, 5.74) is 3.11. The first-order valence-electron chi connectivity index (χ1n) is 8.66. The Morgan fingerprint density at radius 1 is 1.11 bits per heavy atom. The summed E-state index contributed by atoms with van der Waals surface area (Å²) >= 11 is 0. The van der Waals surface area contributed by atoms with Gasteiger partial charge in [0.25, 0.3) is 11.8 Å². The van der Waals surface area contributed by atoms with Crippen LogP contribution in [0.2, 0.25) is 0 Å². The molecule has 2 N–H and O–H groups in total. The van der Waals surface area contributed by atoms with Crippen LogP contribution < -0.4 is 10.6 Å². The fourth-order valence-corrected chi connectivity index (χ4v) is 2.35. The Hall–Kier alpha value is -3.66. The zero-order valence-electron chi connectivity index (χ0n) is 15.9. The van der Waals surface area contributed by atoms with E-state index in [1.54, 1.807) is 36.4 Å². The molecule has 0 aliphatic carbocycles. The van der Waals surface area contributed by atoms with Crippen molar-refractivity contribution < 1.29 is 19.1 Å². The van der Waals surface area contributed by atoms with Crippen molar-refractivity contribution in [3.8, 4) is 6.07 Å². The van der Waals surface area contributed by atoms with Crippen molar-refractivity contribution in [2.45, 2.75) is 26.9 Å². The van der Waals surface area contributed by atoms with Crippen LogP contribution in [0.3, 0.4) is 0 Å². The van der Waals surface area contributed by atoms with Gasteiger partial charge in [-0.3, -0.25) is 14.4 Å². The van der Waals surface area contributed by atoms with Crippen molar-refractivity contribution in [2.24, 2.45) is 0 Å². The number of amides is 2. The van der Waals surface area contributed by atoms with E-state index >= 15 is 0 Å². The summed E-state index contributed by atoms with van der Waals surface area (Å²) in [5, 5.41) is 14.0. The van der Waals surface area contributed by atoms with Crippen molar-refractivity contribution in [1.82, 2.24) is 5.32 Å². The predicted molar refractivity (Wildman–Crippen MR) is 104 cm³/mol. The minimum Gasteiger partial charge on any atom is -0.451 e. The maximum Gasteiger partial charge on any atom is 0.326 e. The first-order valence-corrected chi connectivity index (χ1v) is 8.66. The smallest absolute Gasteiger partial charge is 0.326 e. The number of anilines is 1. The van der Waals surface area contributed by atoms with Gasteiger partial charge in [0.1, 0.15) is 12.6 Å². The third kappa shape index (κ3) is 5.42. The number of hydrogen-bond acceptors (Lipinski definition) is 5. The lowest BCUT2D eigenvalue weighted by Gasteiger charge is -2.14. The van der Waals surface area contributed by atoms with E-state index in [-0.39, 0.29) is 6.54 Å². The minimum absolute atomic E-state index is 0.301. The summed E-state index contributed by atoms with van der Waals surface area (Å²) in [6.45, 7) is 4.88. The number of carbonyl (C=O) groups is 3. The van der Waals surface area contributed by atoms with Gasteiger partial charge in [-0.2, -0.15) is 5.26 Å². The molecule has 0 heterocycles. The van der Waals surface area contributed by atoms with Crippen LogP contribution in [-0.2, 0) is 14.3 Å². The van der Waals surface area contributed by atoms with Gasteiger partial charge in [0.2, 0.25) is 0 Å². The van der Waals surface area contributed by atoms with Crippen molar-refractivity contribution >= 4 is 23.5 Å². The summed E-state index contributed by atoms with van der Waals surface area (Å²) in [7, 11) is 0. The predicted octanol–water partition coefficient (Wildman–Crippen LogP) is 2.48. The Balaban J connectivity index is 1.86. The molecule has 0 fully saturated rings. The molecule has 0 aromatic heterocycles. The highest BCUT2D eigenvalue weighted by Crippen LogP contribution is 2.14. The van der Waals surface area contributed by atoms with Crippen LogP contribution in [0, 0.1) is 25.2 Å². The van der Waals surface area contributed by atoms with Crippen LogP contribution in [-0.4, -0.2) is 30.4 Å². The molecule has 0 radical (unpaired) electrons. The first-order chi connectivity index (χ1) is 13.3. The highest BCUT2D eigenvalue weighted by molar-refractivity contribution is 5.98. The molecule has 0 aliphatic rings. The molecule has 0 bridgehead atoms. The van der Waals surface area contributed by atoms with E-state index in [9.17, 15) is 14.4 Å². The van der Waals surface area contributed by atoms with E-state index < -0.39 is 23.9 Å². The van der Waals surface area contributed by atoms with E-state index in [0.29, 0.717) is 16.8 Å². The zero-order chi connectivity index (χ0) is 20.7. The molecule has 0 saturated heterocycles. The molecular formula is C21H21N3O4. The Kier molecular flexibility index (Phi) is 6.88. The fraction of sp³-hybridized carbons (Fsp3) is 0.238. The van der Waals surface area contributed by atoms with Gasteiger partial charge in [-0.25, -0.2) is 0 Å². The Labute approximate surface area is 163 Å². The zero-order valence-corrected chi connectivity index (χ0v) is 15.9. The van der Waals surface area contributed by atoms with Gasteiger partial charge in [0.05, 0.1) is 11.3 Å². The minimum atomic E-state index is -1.09. The van der Waals surface area contributed by atoms with Crippen LogP contribution in [0.4, 0.5) is 5.69 Å². The number of nitriles is 1. The molecule has 2 amide bonds. The van der Waals surface area contributed by atoms with Gasteiger partial charge in [-0.05, 0) is 56.2 Å². The van der Waals surface area contributed by atoms with Gasteiger partial charge in [0.15, 0.2) is 6.10 Å². The van der Waals surface area contributed by atoms with E-state index in [4.69, 9.17) is 10.00 Å². The summed E-state index contributed by atoms with van der Waals surface area (Å²) in [6, 6.07) is 13.7. The summed E-state index contributed by atoms with van der Waals surface area (Å²) in [4.78, 5) is 36.2. The molecule has 28 heavy (non-hydrogen) atoms. The number of nitrogens with one attached hydrogen (secondary N) is 2. The van der Waals surface area contributed by atoms with E-state index in [1.807, 2.05) is 26.0 Å². The number of rotatable bonds is 6. The molecule has 0 unspecified atom stereocenters. The Morgan fingerprint density at radius 2 is 1.82 bits per heavy atom. The maximum absolute atomic E-state index is 12.2. The monoisotopic (exact) mass is 379 g/mol. The van der Waals surface area contributed by atoms with Crippen molar-refractivity contribution in [3.05, 3.63) is 64.7 Å². The lowest BCUT2D eigenvalue weighted by molar-refractivity contribution is -0.152. The SMILES string of the molecule is Cc1ccc(C(=O)NCC(=O)O[C@H](C)C(=O)Nc2ccccc2C#N)cc1C. The first kappa shape index (κ1) is 20.6. The lowest BCUT2D eigenvalue weighted by atomic mass is 10.1. The molecule has 7 heteroatoms. The van der Waals surface area contributed by atoms with Crippen LogP contribution in [0.15, 0.2) is 42.5 Å². The number of aryl methyl sites for hydroxylation is 2. The molecule has 7 nitrogen and oxygen atoms in total. The number of para-hydroxylation sites is 1. The fourth-order valence-electron chi connectivity index (χ4n) is 2.35. The molecule has 144 valence electrons. The third-order valence-electron chi connectivity index (χ3n) is 4.15. The highest BCUT2D eigenvalue weighted by atomic mass is 16.5. The van der Waals surface area contributed by atoms with E-state index in [1.165, 1.54) is 6.92 Å². The average molecular weight is 379 g/mol. The van der Waals surface area contributed by atoms with Crippen molar-refractivity contribution in [2.75, 3.05) is 11.9 Å².